The molecule has 2 aromatic rings. The fourth-order valence-corrected chi connectivity index (χ4v) is 2.93. The molecular formula is C18H21ClFN. The zero-order chi connectivity index (χ0) is 15.4. The minimum Gasteiger partial charge on any atom is -0.307 e. The van der Waals surface area contributed by atoms with E-state index in [2.05, 4.69) is 43.4 Å². The lowest BCUT2D eigenvalue weighted by Gasteiger charge is -2.22. The van der Waals surface area contributed by atoms with Crippen molar-refractivity contribution in [3.8, 4) is 0 Å². The van der Waals surface area contributed by atoms with E-state index < -0.39 is 0 Å². The molecule has 0 aliphatic heterocycles. The normalized spacial score (nSPS) is 14.0. The summed E-state index contributed by atoms with van der Waals surface area (Å²) in [4.78, 5) is 0. The van der Waals surface area contributed by atoms with Gasteiger partial charge in [-0.3, -0.25) is 0 Å². The summed E-state index contributed by atoms with van der Waals surface area (Å²) in [6.45, 7) is 6.33. The van der Waals surface area contributed by atoms with E-state index in [1.807, 2.05) is 6.92 Å². The first-order valence-electron chi connectivity index (χ1n) is 7.23. The topological polar surface area (TPSA) is 12.0 Å². The van der Waals surface area contributed by atoms with Crippen molar-refractivity contribution < 1.29 is 4.39 Å². The molecule has 112 valence electrons. The summed E-state index contributed by atoms with van der Waals surface area (Å²) in [6, 6.07) is 13.3. The second kappa shape index (κ2) is 7.06. The second-order valence-electron chi connectivity index (χ2n) is 5.59. The fourth-order valence-electron chi connectivity index (χ4n) is 2.60. The molecule has 0 spiro atoms. The zero-order valence-electron chi connectivity index (χ0n) is 12.7. The smallest absolute Gasteiger partial charge is 0.124 e. The van der Waals surface area contributed by atoms with E-state index in [1.165, 1.54) is 23.3 Å². The molecule has 0 fully saturated rings. The number of halogens is 2. The van der Waals surface area contributed by atoms with Crippen LogP contribution in [0.1, 0.15) is 36.6 Å². The van der Waals surface area contributed by atoms with Crippen LogP contribution in [0.15, 0.2) is 42.5 Å². The fraction of sp³-hybridized carbons (Fsp3) is 0.333. The second-order valence-corrected chi connectivity index (χ2v) is 5.99. The van der Waals surface area contributed by atoms with Gasteiger partial charge < -0.3 is 5.32 Å². The van der Waals surface area contributed by atoms with Crippen LogP contribution in [0.3, 0.4) is 0 Å². The predicted molar refractivity (Wildman–Crippen MR) is 87.3 cm³/mol. The van der Waals surface area contributed by atoms with E-state index in [-0.39, 0.29) is 11.9 Å². The van der Waals surface area contributed by atoms with Gasteiger partial charge in [-0.1, -0.05) is 41.9 Å². The first-order valence-corrected chi connectivity index (χ1v) is 7.60. The van der Waals surface area contributed by atoms with Crippen LogP contribution in [0.4, 0.5) is 4.39 Å². The number of hydrogen-bond acceptors (Lipinski definition) is 1. The first kappa shape index (κ1) is 16.0. The van der Waals surface area contributed by atoms with Crippen LogP contribution >= 0.6 is 11.6 Å². The summed E-state index contributed by atoms with van der Waals surface area (Å²) in [5.74, 6) is -0.302. The maximum Gasteiger partial charge on any atom is 0.124 e. The highest BCUT2D eigenvalue weighted by molar-refractivity contribution is 6.31. The van der Waals surface area contributed by atoms with Crippen molar-refractivity contribution in [2.45, 2.75) is 39.3 Å². The third-order valence-corrected chi connectivity index (χ3v) is 4.08. The predicted octanol–water partition coefficient (Wildman–Crippen LogP) is 5.07. The largest absolute Gasteiger partial charge is 0.307 e. The molecule has 2 aromatic carbocycles. The van der Waals surface area contributed by atoms with E-state index in [1.54, 1.807) is 6.07 Å². The lowest BCUT2D eigenvalue weighted by Crippen LogP contribution is -2.31. The Bertz CT molecular complexity index is 612. The van der Waals surface area contributed by atoms with Crippen LogP contribution in [0.5, 0.6) is 0 Å². The Morgan fingerprint density at radius 2 is 1.86 bits per heavy atom. The number of aryl methyl sites for hydroxylation is 1. The Morgan fingerprint density at radius 1 is 1.14 bits per heavy atom. The zero-order valence-corrected chi connectivity index (χ0v) is 13.4. The monoisotopic (exact) mass is 305 g/mol. The molecule has 21 heavy (non-hydrogen) atoms. The van der Waals surface area contributed by atoms with Crippen LogP contribution in [-0.4, -0.2) is 6.04 Å². The van der Waals surface area contributed by atoms with Gasteiger partial charge in [0.2, 0.25) is 0 Å². The lowest BCUT2D eigenvalue weighted by atomic mass is 10.0. The molecule has 0 radical (unpaired) electrons. The summed E-state index contributed by atoms with van der Waals surface area (Å²) >= 11 is 6.11. The Morgan fingerprint density at radius 3 is 2.52 bits per heavy atom. The van der Waals surface area contributed by atoms with Gasteiger partial charge in [-0.05, 0) is 56.0 Å². The van der Waals surface area contributed by atoms with Crippen molar-refractivity contribution in [1.29, 1.82) is 0 Å². The van der Waals surface area contributed by atoms with Crippen LogP contribution in [0.25, 0.3) is 0 Å². The molecule has 0 bridgehead atoms. The third-order valence-electron chi connectivity index (χ3n) is 3.75. The van der Waals surface area contributed by atoms with E-state index in [0.29, 0.717) is 11.1 Å². The van der Waals surface area contributed by atoms with Gasteiger partial charge in [0.15, 0.2) is 0 Å². The van der Waals surface area contributed by atoms with Crippen molar-refractivity contribution in [3.63, 3.8) is 0 Å². The van der Waals surface area contributed by atoms with Gasteiger partial charge in [0, 0.05) is 17.1 Å². The van der Waals surface area contributed by atoms with Gasteiger partial charge in [-0.25, -0.2) is 4.39 Å². The highest BCUT2D eigenvalue weighted by Gasteiger charge is 2.14. The third kappa shape index (κ3) is 4.29. The maximum absolute atomic E-state index is 13.1. The molecule has 0 heterocycles. The molecule has 0 aromatic heterocycles. The molecule has 0 saturated heterocycles. The Balaban J connectivity index is 2.02. The summed E-state index contributed by atoms with van der Waals surface area (Å²) in [5.41, 5.74) is 3.57. The van der Waals surface area contributed by atoms with Gasteiger partial charge in [0.1, 0.15) is 5.82 Å². The first-order chi connectivity index (χ1) is 9.97. The van der Waals surface area contributed by atoms with Crippen LogP contribution in [0, 0.1) is 12.7 Å². The summed E-state index contributed by atoms with van der Waals surface area (Å²) < 4.78 is 13.1. The molecule has 0 amide bonds. The molecule has 2 atom stereocenters. The summed E-state index contributed by atoms with van der Waals surface area (Å²) in [5, 5.41) is 4.00. The maximum atomic E-state index is 13.1. The van der Waals surface area contributed by atoms with E-state index in [9.17, 15) is 4.39 Å². The summed E-state index contributed by atoms with van der Waals surface area (Å²) in [6.07, 6.45) is 0.954. The molecule has 0 saturated carbocycles. The molecule has 0 aliphatic rings. The van der Waals surface area contributed by atoms with Crippen molar-refractivity contribution in [2.75, 3.05) is 0 Å². The SMILES string of the molecule is Cc1ccccc1CC(C)NC(C)c1ccc(F)cc1Cl. The molecular weight excluding hydrogens is 285 g/mol. The van der Waals surface area contributed by atoms with Crippen LogP contribution < -0.4 is 5.32 Å². The van der Waals surface area contributed by atoms with E-state index in [0.717, 1.165) is 12.0 Å². The number of benzene rings is 2. The van der Waals surface area contributed by atoms with Crippen molar-refractivity contribution in [3.05, 3.63) is 70.0 Å². The summed E-state index contributed by atoms with van der Waals surface area (Å²) in [7, 11) is 0. The van der Waals surface area contributed by atoms with Gasteiger partial charge in [0.25, 0.3) is 0 Å². The van der Waals surface area contributed by atoms with Crippen LogP contribution in [0.2, 0.25) is 5.02 Å². The Kier molecular flexibility index (Phi) is 5.38. The quantitative estimate of drug-likeness (QED) is 0.813. The molecule has 1 nitrogen and oxygen atoms in total. The number of hydrogen-bond donors (Lipinski definition) is 1. The standard InChI is InChI=1S/C18H21ClFN/c1-12-6-4-5-7-15(12)10-13(2)21-14(3)17-9-8-16(20)11-18(17)19/h4-9,11,13-14,21H,10H2,1-3H3. The number of nitrogens with one attached hydrogen (secondary N) is 1. The molecule has 0 aliphatic carbocycles. The molecule has 1 N–H and O–H groups in total. The van der Waals surface area contributed by atoms with Crippen molar-refractivity contribution in [2.24, 2.45) is 0 Å². The van der Waals surface area contributed by atoms with Gasteiger partial charge >= 0.3 is 0 Å². The van der Waals surface area contributed by atoms with Crippen LogP contribution in [-0.2, 0) is 6.42 Å². The molecule has 3 heteroatoms. The van der Waals surface area contributed by atoms with E-state index >= 15 is 0 Å². The Hall–Kier alpha value is -1.38. The average molecular weight is 306 g/mol. The minimum absolute atomic E-state index is 0.0807. The molecule has 2 unspecified atom stereocenters. The Labute approximate surface area is 131 Å². The van der Waals surface area contributed by atoms with Gasteiger partial charge in [-0.2, -0.15) is 0 Å². The molecule has 2 rings (SSSR count). The highest BCUT2D eigenvalue weighted by atomic mass is 35.5. The van der Waals surface area contributed by atoms with E-state index in [4.69, 9.17) is 11.6 Å². The van der Waals surface area contributed by atoms with Gasteiger partial charge in [-0.15, -0.1) is 0 Å². The lowest BCUT2D eigenvalue weighted by molar-refractivity contribution is 0.476. The average Bonchev–Trinajstić information content (AvgIpc) is 2.41. The number of rotatable bonds is 5. The van der Waals surface area contributed by atoms with Crippen molar-refractivity contribution in [1.82, 2.24) is 5.32 Å². The van der Waals surface area contributed by atoms with Crippen molar-refractivity contribution >= 4 is 11.6 Å². The van der Waals surface area contributed by atoms with Gasteiger partial charge in [0.05, 0.1) is 0 Å². The highest BCUT2D eigenvalue weighted by Crippen LogP contribution is 2.24. The minimum atomic E-state index is -0.302.